The van der Waals surface area contributed by atoms with Gasteiger partial charge in [-0.2, -0.15) is 21.0 Å². The smallest absolute Gasteiger partial charge is 0.0991 e. The molecule has 4 aliphatic carbocycles. The molecule has 0 atom stereocenters. The minimum absolute atomic E-state index is 0.394. The van der Waals surface area contributed by atoms with Crippen molar-refractivity contribution in [1.29, 1.82) is 21.0 Å². The summed E-state index contributed by atoms with van der Waals surface area (Å²) in [6.45, 7) is 8.91. The maximum atomic E-state index is 9.88. The zero-order valence-electron chi connectivity index (χ0n) is 73.1. The molecule has 8 nitrogen and oxygen atoms in total. The van der Waals surface area contributed by atoms with Crippen LogP contribution in [0, 0.1) is 45.3 Å². The van der Waals surface area contributed by atoms with Crippen LogP contribution in [0.25, 0.3) is 87.6 Å². The van der Waals surface area contributed by atoms with Crippen molar-refractivity contribution in [2.75, 3.05) is 19.6 Å². The second-order valence-electron chi connectivity index (χ2n) is 35.3. The highest BCUT2D eigenvalue weighted by Crippen LogP contribution is 2.69. The van der Waals surface area contributed by atoms with E-state index < -0.39 is 10.8 Å². The third-order valence-corrected chi connectivity index (χ3v) is 27.7. The van der Waals surface area contributed by atoms with E-state index in [1.807, 2.05) is 78.9 Å². The Kier molecular flexibility index (Phi) is 19.1. The lowest BCUT2D eigenvalue weighted by Gasteiger charge is -2.34. The average Bonchev–Trinajstić information content (AvgIpc) is 1.50. The van der Waals surface area contributed by atoms with E-state index in [0.29, 0.717) is 34.1 Å². The Morgan fingerprint density at radius 3 is 0.773 bits per heavy atom. The molecule has 0 aromatic heterocycles. The predicted molar refractivity (Wildman–Crippen MR) is 541 cm³/mol. The van der Waals surface area contributed by atoms with E-state index >= 15 is 0 Å². The Labute approximate surface area is 768 Å². The first kappa shape index (κ1) is 79.3. The molecule has 4 aliphatic rings. The molecular formula is C124H84N8. The summed E-state index contributed by atoms with van der Waals surface area (Å²) < 4.78 is 0. The Balaban J connectivity index is 0.000000150. The molecule has 0 radical (unpaired) electrons. The van der Waals surface area contributed by atoms with Gasteiger partial charge in [0, 0.05) is 67.6 Å². The summed E-state index contributed by atoms with van der Waals surface area (Å²) in [6, 6.07) is 162. The normalized spacial score (nSPS) is 12.6. The van der Waals surface area contributed by atoms with Crippen LogP contribution in [-0.4, -0.2) is 0 Å². The summed E-state index contributed by atoms with van der Waals surface area (Å²) in [5.41, 5.74) is 36.2. The lowest BCUT2D eigenvalue weighted by atomic mass is 9.69. The molecule has 24 rings (SSSR count). The first-order valence-corrected chi connectivity index (χ1v) is 45.1. The van der Waals surface area contributed by atoms with E-state index in [9.17, 15) is 21.0 Å². The van der Waals surface area contributed by atoms with Gasteiger partial charge in [-0.25, -0.2) is 0 Å². The number of nitriles is 4. The number of anilines is 12. The van der Waals surface area contributed by atoms with Gasteiger partial charge >= 0.3 is 0 Å². The fraction of sp³-hybridized carbons (Fsp3) is 0.0645. The quantitative estimate of drug-likeness (QED) is 0.106. The molecule has 8 heteroatoms. The minimum atomic E-state index is -0.658. The largest absolute Gasteiger partial charge is 0.310 e. The molecule has 0 N–H and O–H groups in total. The summed E-state index contributed by atoms with van der Waals surface area (Å²) >= 11 is 0. The molecule has 132 heavy (non-hydrogen) atoms. The van der Waals surface area contributed by atoms with E-state index in [1.54, 1.807) is 0 Å². The highest BCUT2D eigenvalue weighted by molar-refractivity contribution is 6.18. The summed E-state index contributed by atoms with van der Waals surface area (Å²) in [5, 5.41) is 48.4. The fourth-order valence-electron chi connectivity index (χ4n) is 21.9. The van der Waals surface area contributed by atoms with Gasteiger partial charge in [0.1, 0.15) is 0 Å². The van der Waals surface area contributed by atoms with E-state index in [0.717, 1.165) is 89.8 Å². The SMILES string of the molecule is CC(C)c1ccc(N(c2ccc(C#N)cc2)c2ccc3c4c(ccc3c2)-c2c(cc(N(c3ccc(C#N)cc3)c3ccc(C(C)C)cc3)c3ccccc23)C42c3ccccc3-c3ccccc32)cc1.N#Cc1ccc(N(c2ccccc2)c2ccc3c4c(ccc3c2)-c2c(cc(N(c3ccccc3)c3ccc(C#N)cc3)c3ccccc23)C42c3ccccc3-c3ccccc32)cc1. The van der Waals surface area contributed by atoms with Gasteiger partial charge in [-0.3, -0.25) is 0 Å². The monoisotopic (exact) mass is 1680 g/mol. The molecule has 0 heterocycles. The van der Waals surface area contributed by atoms with Crippen molar-refractivity contribution < 1.29 is 0 Å². The number of hydrogen-bond acceptors (Lipinski definition) is 8. The van der Waals surface area contributed by atoms with Gasteiger partial charge in [0.15, 0.2) is 0 Å². The van der Waals surface area contributed by atoms with Crippen molar-refractivity contribution in [3.8, 4) is 68.8 Å². The predicted octanol–water partition coefficient (Wildman–Crippen LogP) is 32.3. The molecule has 20 aromatic rings. The van der Waals surface area contributed by atoms with Crippen molar-refractivity contribution in [1.82, 2.24) is 0 Å². The molecule has 20 aromatic carbocycles. The van der Waals surface area contributed by atoms with Gasteiger partial charge in [0.2, 0.25) is 0 Å². The summed E-state index contributed by atoms with van der Waals surface area (Å²) in [7, 11) is 0. The first-order chi connectivity index (χ1) is 64.9. The fourth-order valence-corrected chi connectivity index (χ4v) is 21.9. The zero-order chi connectivity index (χ0) is 89.0. The minimum Gasteiger partial charge on any atom is -0.310 e. The standard InChI is InChI=1S/C65H48N4.C59H36N4/c1-41(2)45-21-30-49(31-22-45)68(48-26-17-43(39-66)18-27-48)52-34-36-53-47(37-52)25-35-58-63-57-14-6-5-13-56(57)62(69(50-28-19-44(40-67)20-29-50)51-32-23-46(24-33-51)42(3)4)38-61(63)65(64(53)58)59-15-9-7-11-54(59)55-12-8-10-16-60(55)65;60-37-39-23-28-44(29-24-39)62(42-13-3-1-4-14-42)46-32-34-47-41(35-46)27-33-52-57-51-20-8-7-19-50(51)56(63(43-15-5-2-6-16-43)45-30-25-40(38-61)26-31-45)36-55(57)59(58(47)52)53-21-11-9-17-48(53)49-18-10-12-22-54(49)59/h5-38,41-42H,1-4H3;1-36H. The zero-order valence-corrected chi connectivity index (χ0v) is 73.1. The third kappa shape index (κ3) is 12.4. The molecule has 0 bridgehead atoms. The van der Waals surface area contributed by atoms with Crippen LogP contribution in [-0.2, 0) is 10.8 Å². The summed E-state index contributed by atoms with van der Waals surface area (Å²) in [5.74, 6) is 0.807. The Morgan fingerprint density at radius 1 is 0.205 bits per heavy atom. The van der Waals surface area contributed by atoms with Gasteiger partial charge < -0.3 is 19.6 Å². The van der Waals surface area contributed by atoms with Crippen LogP contribution >= 0.6 is 0 Å². The number of rotatable bonds is 14. The second kappa shape index (κ2) is 31.9. The Hall–Kier alpha value is -17.4. The summed E-state index contributed by atoms with van der Waals surface area (Å²) in [6.07, 6.45) is 0. The molecule has 620 valence electrons. The van der Waals surface area contributed by atoms with Crippen LogP contribution in [0.2, 0.25) is 0 Å². The van der Waals surface area contributed by atoms with Gasteiger partial charge in [-0.15, -0.1) is 0 Å². The molecule has 0 saturated carbocycles. The van der Waals surface area contributed by atoms with Crippen molar-refractivity contribution in [3.63, 3.8) is 0 Å². The van der Waals surface area contributed by atoms with Gasteiger partial charge in [-0.05, 0) is 326 Å². The van der Waals surface area contributed by atoms with Crippen LogP contribution in [0.15, 0.2) is 425 Å². The highest BCUT2D eigenvalue weighted by Gasteiger charge is 2.55. The molecule has 0 unspecified atom stereocenters. The molecule has 0 amide bonds. The van der Waals surface area contributed by atoms with Gasteiger partial charge in [0.05, 0.1) is 68.7 Å². The second-order valence-corrected chi connectivity index (χ2v) is 35.3. The topological polar surface area (TPSA) is 108 Å². The van der Waals surface area contributed by atoms with Gasteiger partial charge in [-0.1, -0.05) is 270 Å². The Morgan fingerprint density at radius 2 is 0.462 bits per heavy atom. The van der Waals surface area contributed by atoms with Crippen LogP contribution in [0.1, 0.15) is 117 Å². The van der Waals surface area contributed by atoms with E-state index in [4.69, 9.17) is 0 Å². The Bertz CT molecular complexity index is 8150. The van der Waals surface area contributed by atoms with Crippen LogP contribution in [0.4, 0.5) is 68.2 Å². The highest BCUT2D eigenvalue weighted by atomic mass is 15.2. The summed E-state index contributed by atoms with van der Waals surface area (Å²) in [4.78, 5) is 9.29. The van der Waals surface area contributed by atoms with Crippen molar-refractivity contribution in [2.45, 2.75) is 50.4 Å². The number of fused-ring (bicyclic) bond motifs is 28. The van der Waals surface area contributed by atoms with E-state index in [1.165, 1.54) is 122 Å². The number of para-hydroxylation sites is 2. The van der Waals surface area contributed by atoms with Crippen LogP contribution < -0.4 is 19.6 Å². The van der Waals surface area contributed by atoms with Crippen molar-refractivity contribution in [3.05, 3.63) is 503 Å². The van der Waals surface area contributed by atoms with Crippen molar-refractivity contribution >= 4 is 111 Å². The lowest BCUT2D eigenvalue weighted by Crippen LogP contribution is -2.26. The van der Waals surface area contributed by atoms with Gasteiger partial charge in [0.25, 0.3) is 0 Å². The van der Waals surface area contributed by atoms with Crippen LogP contribution in [0.5, 0.6) is 0 Å². The number of hydrogen-bond donors (Lipinski definition) is 0. The average molecular weight is 1690 g/mol. The molecular weight excluding hydrogens is 1600 g/mol. The molecule has 0 saturated heterocycles. The molecule has 2 spiro atoms. The van der Waals surface area contributed by atoms with E-state index in [-0.39, 0.29) is 0 Å². The number of nitrogens with zero attached hydrogens (tertiary/aromatic N) is 8. The lowest BCUT2D eigenvalue weighted by molar-refractivity contribution is 0.802. The maximum Gasteiger partial charge on any atom is 0.0991 e. The molecule has 0 fully saturated rings. The van der Waals surface area contributed by atoms with Crippen LogP contribution in [0.3, 0.4) is 0 Å². The maximum absolute atomic E-state index is 9.88. The van der Waals surface area contributed by atoms with E-state index in [2.05, 4.69) is 417 Å². The van der Waals surface area contributed by atoms with Crippen molar-refractivity contribution in [2.24, 2.45) is 0 Å². The first-order valence-electron chi connectivity index (χ1n) is 45.1. The number of benzene rings is 20. The molecule has 0 aliphatic heterocycles. The third-order valence-electron chi connectivity index (χ3n) is 27.7.